The number of hydrogen-bond donors (Lipinski definition) is 1. The Morgan fingerprint density at radius 3 is 1.39 bits per heavy atom. The maximum atomic E-state index is 13.3. The summed E-state index contributed by atoms with van der Waals surface area (Å²) in [6.45, 7) is 13.1. The van der Waals surface area contributed by atoms with Crippen molar-refractivity contribution in [2.75, 3.05) is 14.2 Å². The van der Waals surface area contributed by atoms with E-state index in [9.17, 15) is 38.7 Å². The standard InChI is InChI=1S/C28H38O8.C26H36O7/c1-15(29)34-18-6-9-26(3)17(12-18)13-19(25(32)33-5)23-20-7-10-28(11-8-22(31)36-28)27(20,4)14-21(24(23)26)35-16(2)30;1-14(27)32-19-13-25(3)18(6-9-26(25)10-7-20(29)33-26)21-17(23(30)31-4)12-15-11-16(28)5-8-24(15,2)22(19)21/h13,18-21,23-24H,6-12,14H2,1-5H3;12,16-19,21-22,28H,5-11,13H2,1-4H3/t18-,19+,20?,21+,23?,24?,26-,27-,28+;16-,17+,18?,19+,21?,22?,24-,25-,26+/m00/s1. The molecule has 0 aromatic rings. The zero-order valence-electron chi connectivity index (χ0n) is 42.1. The average Bonchev–Trinajstić information content (AvgIpc) is 4.02. The topological polar surface area (TPSA) is 204 Å². The molecule has 15 heteroatoms. The molecule has 10 rings (SSSR count). The number of esters is 7. The molecule has 2 aliphatic heterocycles. The average molecular weight is 963 g/mol. The highest BCUT2D eigenvalue weighted by molar-refractivity contribution is 5.77. The van der Waals surface area contributed by atoms with Crippen LogP contribution >= 0.6 is 0 Å². The first-order chi connectivity index (χ1) is 32.5. The highest BCUT2D eigenvalue weighted by Gasteiger charge is 2.73. The van der Waals surface area contributed by atoms with Crippen molar-refractivity contribution in [1.82, 2.24) is 0 Å². The van der Waals surface area contributed by atoms with Gasteiger partial charge in [-0.2, -0.15) is 0 Å². The Morgan fingerprint density at radius 2 is 1.00 bits per heavy atom. The minimum Gasteiger partial charge on any atom is -0.469 e. The molecule has 18 atom stereocenters. The molecule has 8 fully saturated rings. The molecule has 0 aromatic carbocycles. The molecule has 2 heterocycles. The summed E-state index contributed by atoms with van der Waals surface area (Å²) in [4.78, 5) is 87.3. The van der Waals surface area contributed by atoms with Gasteiger partial charge in [0.25, 0.3) is 0 Å². The molecule has 2 saturated heterocycles. The van der Waals surface area contributed by atoms with Gasteiger partial charge in [-0.05, 0) is 118 Å². The van der Waals surface area contributed by atoms with E-state index in [1.807, 2.05) is 0 Å². The molecule has 0 amide bonds. The Morgan fingerprint density at radius 1 is 0.580 bits per heavy atom. The lowest BCUT2D eigenvalue weighted by atomic mass is 9.44. The third-order valence-corrected chi connectivity index (χ3v) is 20.7. The van der Waals surface area contributed by atoms with Crippen molar-refractivity contribution in [1.29, 1.82) is 0 Å². The van der Waals surface area contributed by atoms with Gasteiger partial charge in [0.1, 0.15) is 29.5 Å². The summed E-state index contributed by atoms with van der Waals surface area (Å²) in [5.74, 6) is -2.95. The lowest BCUT2D eigenvalue weighted by molar-refractivity contribution is -0.204. The van der Waals surface area contributed by atoms with Crippen molar-refractivity contribution in [3.8, 4) is 0 Å². The Kier molecular flexibility index (Phi) is 12.6. The van der Waals surface area contributed by atoms with Crippen molar-refractivity contribution in [3.63, 3.8) is 0 Å². The van der Waals surface area contributed by atoms with E-state index in [-0.39, 0.29) is 106 Å². The van der Waals surface area contributed by atoms with E-state index in [1.54, 1.807) is 0 Å². The van der Waals surface area contributed by atoms with Gasteiger partial charge in [0, 0.05) is 62.7 Å². The van der Waals surface area contributed by atoms with E-state index in [0.717, 1.165) is 56.1 Å². The van der Waals surface area contributed by atoms with Crippen LogP contribution in [0.15, 0.2) is 23.3 Å². The van der Waals surface area contributed by atoms with E-state index >= 15 is 0 Å². The van der Waals surface area contributed by atoms with Crippen LogP contribution in [0.3, 0.4) is 0 Å². The van der Waals surface area contributed by atoms with Crippen LogP contribution in [-0.4, -0.2) is 96.7 Å². The van der Waals surface area contributed by atoms with Crippen LogP contribution in [0.5, 0.6) is 0 Å². The van der Waals surface area contributed by atoms with Gasteiger partial charge in [-0.15, -0.1) is 0 Å². The minimum absolute atomic E-state index is 0.0525. The second-order valence-corrected chi connectivity index (χ2v) is 23.7. The lowest BCUT2D eigenvalue weighted by Crippen LogP contribution is -2.62. The number of rotatable bonds is 5. The summed E-state index contributed by atoms with van der Waals surface area (Å²) in [7, 11) is 2.83. The van der Waals surface area contributed by atoms with Crippen molar-refractivity contribution >= 4 is 41.8 Å². The largest absolute Gasteiger partial charge is 0.469 e. The van der Waals surface area contributed by atoms with Crippen molar-refractivity contribution in [2.45, 2.75) is 187 Å². The van der Waals surface area contributed by atoms with Crippen molar-refractivity contribution < 1.29 is 71.8 Å². The van der Waals surface area contributed by atoms with Gasteiger partial charge in [-0.1, -0.05) is 51.0 Å². The molecule has 6 saturated carbocycles. The second-order valence-electron chi connectivity index (χ2n) is 23.7. The predicted molar refractivity (Wildman–Crippen MR) is 245 cm³/mol. The van der Waals surface area contributed by atoms with E-state index in [2.05, 4.69) is 39.8 Å². The number of hydrogen-bond acceptors (Lipinski definition) is 15. The summed E-state index contributed by atoms with van der Waals surface area (Å²) in [5.41, 5.74) is -0.362. The minimum atomic E-state index is -0.587. The maximum absolute atomic E-state index is 13.3. The van der Waals surface area contributed by atoms with E-state index in [1.165, 1.54) is 35.0 Å². The third-order valence-electron chi connectivity index (χ3n) is 20.7. The molecule has 380 valence electrons. The number of aliphatic hydroxyl groups excluding tert-OH is 1. The van der Waals surface area contributed by atoms with Gasteiger partial charge in [0.05, 0.1) is 32.2 Å². The van der Waals surface area contributed by atoms with Gasteiger partial charge in [0.15, 0.2) is 0 Å². The van der Waals surface area contributed by atoms with Gasteiger partial charge < -0.3 is 38.3 Å². The van der Waals surface area contributed by atoms with Crippen LogP contribution in [0.25, 0.3) is 0 Å². The number of ether oxygens (including phenoxy) is 7. The fourth-order valence-corrected chi connectivity index (χ4v) is 17.7. The molecule has 10 aliphatic rings. The molecule has 0 radical (unpaired) electrons. The van der Waals surface area contributed by atoms with Crippen molar-refractivity contribution in [2.24, 2.45) is 69.0 Å². The Bertz CT molecular complexity index is 2230. The molecule has 15 nitrogen and oxygen atoms in total. The SMILES string of the molecule is COC(=O)[C@@H]1C=C2C[C@@H](O)CC[C@]2(C)C2C1C1CC[C@@]3(CCC(=O)O3)[C@@]1(C)C[C@H]2OC(C)=O.COC(=O)[C@@H]1C=C2C[C@@H](OC(C)=O)CC[C@]2(C)C2C1C1CC[C@@]3(CCC(=O)O3)[C@@]1(C)C[C@H]2OC(C)=O. The molecule has 69 heavy (non-hydrogen) atoms. The molecule has 6 unspecified atom stereocenters. The molecule has 1 N–H and O–H groups in total. The first-order valence-electron chi connectivity index (χ1n) is 25.7. The summed E-state index contributed by atoms with van der Waals surface area (Å²) >= 11 is 0. The number of aliphatic hydroxyl groups is 1. The third kappa shape index (κ3) is 7.69. The molecule has 2 spiro atoms. The zero-order valence-corrected chi connectivity index (χ0v) is 42.1. The lowest BCUT2D eigenvalue weighted by Gasteiger charge is -2.62. The van der Waals surface area contributed by atoms with Crippen LogP contribution in [-0.2, 0) is 66.7 Å². The predicted octanol–water partition coefficient (Wildman–Crippen LogP) is 7.22. The van der Waals surface area contributed by atoms with E-state index in [4.69, 9.17) is 33.2 Å². The quantitative estimate of drug-likeness (QED) is 0.164. The van der Waals surface area contributed by atoms with E-state index in [0.29, 0.717) is 57.8 Å². The summed E-state index contributed by atoms with van der Waals surface area (Å²) in [6, 6.07) is 0. The Hall–Kier alpha value is -4.27. The summed E-state index contributed by atoms with van der Waals surface area (Å²) < 4.78 is 40.4. The van der Waals surface area contributed by atoms with Crippen LogP contribution < -0.4 is 0 Å². The highest BCUT2D eigenvalue weighted by Crippen LogP contribution is 2.73. The molecular formula is C54H74O15. The fourth-order valence-electron chi connectivity index (χ4n) is 17.7. The van der Waals surface area contributed by atoms with Crippen LogP contribution in [0.1, 0.15) is 151 Å². The van der Waals surface area contributed by atoms with Crippen LogP contribution in [0.4, 0.5) is 0 Å². The number of carbonyl (C=O) groups excluding carboxylic acids is 7. The van der Waals surface area contributed by atoms with Crippen LogP contribution in [0, 0.1) is 69.0 Å². The van der Waals surface area contributed by atoms with Gasteiger partial charge in [-0.25, -0.2) is 0 Å². The zero-order chi connectivity index (χ0) is 49.8. The molecule has 0 bridgehead atoms. The Labute approximate surface area is 405 Å². The fraction of sp³-hybridized carbons (Fsp3) is 0.796. The smallest absolute Gasteiger partial charge is 0.312 e. The molecule has 8 aliphatic carbocycles. The summed E-state index contributed by atoms with van der Waals surface area (Å²) in [6.07, 6.45) is 13.3. The first kappa shape index (κ1) is 49.7. The first-order valence-corrected chi connectivity index (χ1v) is 25.7. The van der Waals surface area contributed by atoms with Gasteiger partial charge in [-0.3, -0.25) is 33.6 Å². The second kappa shape index (κ2) is 17.5. The number of carbonyl (C=O) groups is 7. The van der Waals surface area contributed by atoms with E-state index < -0.39 is 40.7 Å². The van der Waals surface area contributed by atoms with Crippen molar-refractivity contribution in [3.05, 3.63) is 23.3 Å². The maximum Gasteiger partial charge on any atom is 0.312 e. The monoisotopic (exact) mass is 963 g/mol. The normalized spacial score (nSPS) is 46.6. The van der Waals surface area contributed by atoms with Gasteiger partial charge in [0.2, 0.25) is 0 Å². The molecule has 0 aromatic heterocycles. The van der Waals surface area contributed by atoms with Gasteiger partial charge >= 0.3 is 41.8 Å². The highest BCUT2D eigenvalue weighted by atomic mass is 16.6. The Balaban J connectivity index is 0.000000172. The number of methoxy groups -OCH3 is 2. The summed E-state index contributed by atoms with van der Waals surface area (Å²) in [5, 5.41) is 10.4. The van der Waals surface area contributed by atoms with Crippen LogP contribution in [0.2, 0.25) is 0 Å². The number of fused-ring (bicyclic) bond motifs is 12. The molecular weight excluding hydrogens is 889 g/mol.